The summed E-state index contributed by atoms with van der Waals surface area (Å²) in [4.78, 5) is 13.4. The van der Waals surface area contributed by atoms with Crippen molar-refractivity contribution in [2.45, 2.75) is 32.6 Å². The van der Waals surface area contributed by atoms with Crippen LogP contribution in [0.4, 0.5) is 5.69 Å². The lowest BCUT2D eigenvalue weighted by Gasteiger charge is -2.39. The van der Waals surface area contributed by atoms with Crippen LogP contribution in [-0.2, 0) is 5.41 Å². The van der Waals surface area contributed by atoms with E-state index in [0.29, 0.717) is 5.56 Å². The first kappa shape index (κ1) is 12.0. The molecule has 3 heteroatoms. The second-order valence-electron chi connectivity index (χ2n) is 5.54. The van der Waals surface area contributed by atoms with Crippen LogP contribution in [0.5, 0.6) is 0 Å². The van der Waals surface area contributed by atoms with Crippen molar-refractivity contribution in [3.63, 3.8) is 0 Å². The summed E-state index contributed by atoms with van der Waals surface area (Å²) in [5.74, 6) is -0.839. The molecule has 0 spiro atoms. The minimum absolute atomic E-state index is 0.0553. The van der Waals surface area contributed by atoms with Gasteiger partial charge in [-0.15, -0.1) is 0 Å². The smallest absolute Gasteiger partial charge is 0.335 e. The normalized spacial score (nSPS) is 17.8. The van der Waals surface area contributed by atoms with E-state index in [4.69, 9.17) is 0 Å². The Hall–Kier alpha value is -1.51. The van der Waals surface area contributed by atoms with Gasteiger partial charge in [0.1, 0.15) is 0 Å². The number of rotatable bonds is 1. The fraction of sp³-hybridized carbons (Fsp3) is 0.500. The fourth-order valence-corrected chi connectivity index (χ4v) is 2.48. The van der Waals surface area contributed by atoms with Gasteiger partial charge in [-0.3, -0.25) is 0 Å². The molecule has 1 aliphatic heterocycles. The Morgan fingerprint density at radius 3 is 2.65 bits per heavy atom. The van der Waals surface area contributed by atoms with Crippen LogP contribution in [-0.4, -0.2) is 24.7 Å². The Bertz CT molecular complexity index is 477. The zero-order valence-corrected chi connectivity index (χ0v) is 10.9. The van der Waals surface area contributed by atoms with E-state index >= 15 is 0 Å². The van der Waals surface area contributed by atoms with E-state index in [1.807, 2.05) is 19.1 Å². The Kier molecular flexibility index (Phi) is 2.64. The number of fused-ring (bicyclic) bond motifs is 1. The lowest BCUT2D eigenvalue weighted by atomic mass is 9.76. The predicted octanol–water partition coefficient (Wildman–Crippen LogP) is 2.81. The fourth-order valence-electron chi connectivity index (χ4n) is 2.48. The van der Waals surface area contributed by atoms with E-state index in [0.717, 1.165) is 24.1 Å². The zero-order valence-electron chi connectivity index (χ0n) is 10.9. The first-order valence-electron chi connectivity index (χ1n) is 5.92. The molecule has 2 rings (SSSR count). The first-order valence-corrected chi connectivity index (χ1v) is 5.92. The third kappa shape index (κ3) is 1.90. The standard InChI is InChI=1S/C14H19NO2/c1-9-7-12-11(8-10(9)13(16)17)14(2,3)5-6-15(12)4/h7-8H,5-6H2,1-4H3,(H,16,17). The topological polar surface area (TPSA) is 40.5 Å². The molecule has 0 atom stereocenters. The van der Waals surface area contributed by atoms with Crippen LogP contribution in [0, 0.1) is 6.92 Å². The van der Waals surface area contributed by atoms with E-state index < -0.39 is 5.97 Å². The van der Waals surface area contributed by atoms with Crippen LogP contribution in [0.2, 0.25) is 0 Å². The van der Waals surface area contributed by atoms with Crippen molar-refractivity contribution in [2.75, 3.05) is 18.5 Å². The molecule has 0 aliphatic carbocycles. The van der Waals surface area contributed by atoms with Gasteiger partial charge in [-0.05, 0) is 42.0 Å². The Labute approximate surface area is 102 Å². The van der Waals surface area contributed by atoms with Gasteiger partial charge < -0.3 is 10.0 Å². The number of carboxylic acid groups (broad SMARTS) is 1. The average Bonchev–Trinajstić information content (AvgIpc) is 2.23. The van der Waals surface area contributed by atoms with Crippen LogP contribution >= 0.6 is 0 Å². The third-order valence-electron chi connectivity index (χ3n) is 3.79. The largest absolute Gasteiger partial charge is 0.478 e. The molecule has 0 saturated heterocycles. The summed E-state index contributed by atoms with van der Waals surface area (Å²) in [5, 5.41) is 9.19. The highest BCUT2D eigenvalue weighted by molar-refractivity contribution is 5.90. The molecule has 1 aromatic carbocycles. The van der Waals surface area contributed by atoms with Gasteiger partial charge in [0, 0.05) is 19.3 Å². The maximum absolute atomic E-state index is 11.2. The molecule has 1 aliphatic rings. The number of carboxylic acids is 1. The van der Waals surface area contributed by atoms with Crippen molar-refractivity contribution in [3.8, 4) is 0 Å². The zero-order chi connectivity index (χ0) is 12.8. The molecular weight excluding hydrogens is 214 g/mol. The van der Waals surface area contributed by atoms with Crippen LogP contribution in [0.25, 0.3) is 0 Å². The molecule has 0 radical (unpaired) electrons. The van der Waals surface area contributed by atoms with Gasteiger partial charge in [-0.25, -0.2) is 4.79 Å². The first-order chi connectivity index (χ1) is 7.83. The molecule has 0 unspecified atom stereocenters. The second kappa shape index (κ2) is 3.76. The summed E-state index contributed by atoms with van der Waals surface area (Å²) in [6.45, 7) is 7.24. The number of aromatic carboxylic acids is 1. The van der Waals surface area contributed by atoms with Crippen molar-refractivity contribution in [1.82, 2.24) is 0 Å². The van der Waals surface area contributed by atoms with Crippen LogP contribution in [0.3, 0.4) is 0 Å². The van der Waals surface area contributed by atoms with E-state index in [1.165, 1.54) is 5.69 Å². The van der Waals surface area contributed by atoms with Gasteiger partial charge in [-0.1, -0.05) is 13.8 Å². The summed E-state index contributed by atoms with van der Waals surface area (Å²) in [6.07, 6.45) is 1.05. The Balaban J connectivity index is 2.66. The predicted molar refractivity (Wildman–Crippen MR) is 69.1 cm³/mol. The van der Waals surface area contributed by atoms with Crippen LogP contribution in [0.15, 0.2) is 12.1 Å². The number of hydrogen-bond acceptors (Lipinski definition) is 2. The summed E-state index contributed by atoms with van der Waals surface area (Å²) in [6, 6.07) is 3.85. The van der Waals surface area contributed by atoms with Gasteiger partial charge in [0.2, 0.25) is 0 Å². The number of aryl methyl sites for hydroxylation is 1. The molecule has 92 valence electrons. The Morgan fingerprint density at radius 1 is 1.41 bits per heavy atom. The van der Waals surface area contributed by atoms with E-state index in [9.17, 15) is 9.90 Å². The second-order valence-corrected chi connectivity index (χ2v) is 5.54. The van der Waals surface area contributed by atoms with Crippen LogP contribution < -0.4 is 4.90 Å². The van der Waals surface area contributed by atoms with E-state index in [1.54, 1.807) is 0 Å². The molecule has 17 heavy (non-hydrogen) atoms. The van der Waals surface area contributed by atoms with Crippen LogP contribution in [0.1, 0.15) is 41.8 Å². The third-order valence-corrected chi connectivity index (χ3v) is 3.79. The highest BCUT2D eigenvalue weighted by Crippen LogP contribution is 2.40. The minimum Gasteiger partial charge on any atom is -0.478 e. The highest BCUT2D eigenvalue weighted by atomic mass is 16.4. The van der Waals surface area contributed by atoms with Crippen molar-refractivity contribution < 1.29 is 9.90 Å². The lowest BCUT2D eigenvalue weighted by molar-refractivity contribution is 0.0696. The van der Waals surface area contributed by atoms with Crippen molar-refractivity contribution in [2.24, 2.45) is 0 Å². The number of hydrogen-bond donors (Lipinski definition) is 1. The van der Waals surface area contributed by atoms with Crippen molar-refractivity contribution in [3.05, 3.63) is 28.8 Å². The molecule has 1 heterocycles. The molecule has 0 amide bonds. The van der Waals surface area contributed by atoms with Crippen molar-refractivity contribution in [1.29, 1.82) is 0 Å². The molecule has 1 N–H and O–H groups in total. The molecule has 0 bridgehead atoms. The number of nitrogens with zero attached hydrogens (tertiary/aromatic N) is 1. The van der Waals surface area contributed by atoms with E-state index in [-0.39, 0.29) is 5.41 Å². The summed E-state index contributed by atoms with van der Waals surface area (Å²) < 4.78 is 0. The average molecular weight is 233 g/mol. The van der Waals surface area contributed by atoms with Gasteiger partial charge in [0.25, 0.3) is 0 Å². The Morgan fingerprint density at radius 2 is 2.06 bits per heavy atom. The van der Waals surface area contributed by atoms with Gasteiger partial charge in [0.05, 0.1) is 5.56 Å². The molecule has 0 aromatic heterocycles. The molecule has 1 aromatic rings. The van der Waals surface area contributed by atoms with Gasteiger partial charge in [0.15, 0.2) is 0 Å². The minimum atomic E-state index is -0.839. The summed E-state index contributed by atoms with van der Waals surface area (Å²) in [5.41, 5.74) is 3.63. The summed E-state index contributed by atoms with van der Waals surface area (Å²) >= 11 is 0. The molecule has 0 fully saturated rings. The maximum atomic E-state index is 11.2. The molecule has 3 nitrogen and oxygen atoms in total. The monoisotopic (exact) mass is 233 g/mol. The number of benzene rings is 1. The SMILES string of the molecule is Cc1cc2c(cc1C(=O)O)C(C)(C)CCN2C. The number of carbonyl (C=O) groups is 1. The molecular formula is C14H19NO2. The summed E-state index contributed by atoms with van der Waals surface area (Å²) in [7, 11) is 2.06. The van der Waals surface area contributed by atoms with Gasteiger partial charge in [-0.2, -0.15) is 0 Å². The lowest BCUT2D eigenvalue weighted by Crippen LogP contribution is -2.35. The quantitative estimate of drug-likeness (QED) is 0.810. The van der Waals surface area contributed by atoms with E-state index in [2.05, 4.69) is 25.8 Å². The van der Waals surface area contributed by atoms with Crippen molar-refractivity contribution >= 4 is 11.7 Å². The number of anilines is 1. The highest BCUT2D eigenvalue weighted by Gasteiger charge is 2.31. The molecule has 0 saturated carbocycles. The maximum Gasteiger partial charge on any atom is 0.335 e. The van der Waals surface area contributed by atoms with Gasteiger partial charge >= 0.3 is 5.97 Å².